The summed E-state index contributed by atoms with van der Waals surface area (Å²) in [6.07, 6.45) is 5.66. The number of hydrogen-bond acceptors (Lipinski definition) is 0. The van der Waals surface area contributed by atoms with Crippen LogP contribution in [0.15, 0.2) is 17.4 Å². The topological polar surface area (TPSA) is 0 Å². The molecule has 0 unspecified atom stereocenters. The smallest absolute Gasteiger partial charge is 0.0102 e. The molecule has 0 aromatic carbocycles. The molecule has 0 heteroatoms. The first-order chi connectivity index (χ1) is 5.55. The van der Waals surface area contributed by atoms with Crippen molar-refractivity contribution in [2.45, 2.75) is 53.9 Å². The summed E-state index contributed by atoms with van der Waals surface area (Å²) in [4.78, 5) is 0. The van der Waals surface area contributed by atoms with Crippen LogP contribution in [0.4, 0.5) is 0 Å². The molecule has 0 rings (SSSR count). The van der Waals surface area contributed by atoms with Gasteiger partial charge in [0.25, 0.3) is 0 Å². The molecule has 0 aromatic rings. The first-order valence-corrected chi connectivity index (χ1v) is 5.01. The van der Waals surface area contributed by atoms with Gasteiger partial charge in [-0.3, -0.25) is 0 Å². The van der Waals surface area contributed by atoms with Crippen molar-refractivity contribution in [3.05, 3.63) is 17.4 Å². The zero-order valence-electron chi connectivity index (χ0n) is 9.20. The molecule has 0 saturated carbocycles. The fourth-order valence-electron chi connectivity index (χ4n) is 0.854. The van der Waals surface area contributed by atoms with Gasteiger partial charge in [0.05, 0.1) is 0 Å². The first kappa shape index (κ1) is 11.5. The lowest BCUT2D eigenvalue weighted by Gasteiger charge is -2.15. The van der Waals surface area contributed by atoms with Crippen LogP contribution in [0.1, 0.15) is 53.9 Å². The van der Waals surface area contributed by atoms with Gasteiger partial charge in [-0.1, -0.05) is 34.6 Å². The predicted molar refractivity (Wildman–Crippen MR) is 56.3 cm³/mol. The summed E-state index contributed by atoms with van der Waals surface area (Å²) in [5.41, 5.74) is 5.14. The average molecular weight is 166 g/mol. The molecule has 0 radical (unpaired) electrons. The molecule has 0 aliphatic heterocycles. The molecule has 0 aromatic heterocycles. The minimum Gasteiger partial charge on any atom is -0.126 e. The Morgan fingerprint density at radius 1 is 1.17 bits per heavy atom. The van der Waals surface area contributed by atoms with Crippen LogP contribution in [-0.2, 0) is 0 Å². The van der Waals surface area contributed by atoms with E-state index in [0.29, 0.717) is 5.41 Å². The van der Waals surface area contributed by atoms with Crippen LogP contribution in [0, 0.1) is 5.41 Å². The van der Waals surface area contributed by atoms with Gasteiger partial charge in [0.1, 0.15) is 0 Å². The molecular weight excluding hydrogens is 144 g/mol. The molecule has 0 spiro atoms. The maximum atomic E-state index is 3.40. The molecule has 0 saturated heterocycles. The lowest BCUT2D eigenvalue weighted by atomic mass is 9.90. The SMILES string of the molecule is CCC(=C=CC(C)(C)CC)CC. The lowest BCUT2D eigenvalue weighted by molar-refractivity contribution is 0.462. The lowest BCUT2D eigenvalue weighted by Crippen LogP contribution is -2.03. The van der Waals surface area contributed by atoms with Gasteiger partial charge < -0.3 is 0 Å². The third kappa shape index (κ3) is 4.41. The van der Waals surface area contributed by atoms with Gasteiger partial charge >= 0.3 is 0 Å². The van der Waals surface area contributed by atoms with Gasteiger partial charge in [-0.05, 0) is 36.3 Å². The fraction of sp³-hybridized carbons (Fsp3) is 0.750. The quantitative estimate of drug-likeness (QED) is 0.545. The molecule has 0 amide bonds. The fourth-order valence-corrected chi connectivity index (χ4v) is 0.854. The highest BCUT2D eigenvalue weighted by Gasteiger charge is 2.08. The summed E-state index contributed by atoms with van der Waals surface area (Å²) in [7, 11) is 0. The molecule has 0 nitrogen and oxygen atoms in total. The predicted octanol–water partition coefficient (Wildman–Crippen LogP) is 4.32. The third-order valence-corrected chi connectivity index (χ3v) is 2.43. The van der Waals surface area contributed by atoms with Gasteiger partial charge in [-0.15, -0.1) is 5.73 Å². The molecule has 0 aliphatic carbocycles. The van der Waals surface area contributed by atoms with Crippen LogP contribution in [0.3, 0.4) is 0 Å². The van der Waals surface area contributed by atoms with Crippen molar-refractivity contribution in [1.29, 1.82) is 0 Å². The van der Waals surface area contributed by atoms with Gasteiger partial charge in [0, 0.05) is 0 Å². The molecule has 0 bridgehead atoms. The summed E-state index contributed by atoms with van der Waals surface area (Å²) >= 11 is 0. The molecule has 0 atom stereocenters. The molecule has 0 fully saturated rings. The van der Waals surface area contributed by atoms with E-state index >= 15 is 0 Å². The van der Waals surface area contributed by atoms with Crippen molar-refractivity contribution in [2.24, 2.45) is 5.41 Å². The largest absolute Gasteiger partial charge is 0.126 e. The Morgan fingerprint density at radius 3 is 2.00 bits per heavy atom. The Kier molecular flexibility index (Phi) is 5.01. The minimum atomic E-state index is 0.315. The Hall–Kier alpha value is -0.480. The normalized spacial score (nSPS) is 10.8. The van der Waals surface area contributed by atoms with Crippen molar-refractivity contribution >= 4 is 0 Å². The molecule has 12 heavy (non-hydrogen) atoms. The number of allylic oxidation sites excluding steroid dienone is 1. The van der Waals surface area contributed by atoms with Gasteiger partial charge in [-0.2, -0.15) is 0 Å². The molecule has 70 valence electrons. The standard InChI is InChI=1S/C12H22/c1-6-11(7-2)9-10-12(4,5)8-3/h10H,6-8H2,1-5H3. The zero-order valence-corrected chi connectivity index (χ0v) is 9.20. The van der Waals surface area contributed by atoms with Crippen molar-refractivity contribution < 1.29 is 0 Å². The Morgan fingerprint density at radius 2 is 1.67 bits per heavy atom. The second-order valence-corrected chi connectivity index (χ2v) is 3.94. The first-order valence-electron chi connectivity index (χ1n) is 5.01. The Bertz CT molecular complexity index is 172. The second-order valence-electron chi connectivity index (χ2n) is 3.94. The molecule has 0 heterocycles. The van der Waals surface area contributed by atoms with E-state index in [1.54, 1.807) is 0 Å². The summed E-state index contributed by atoms with van der Waals surface area (Å²) in [5.74, 6) is 0. The third-order valence-electron chi connectivity index (χ3n) is 2.43. The minimum absolute atomic E-state index is 0.315. The van der Waals surface area contributed by atoms with Gasteiger partial charge in [-0.25, -0.2) is 0 Å². The van der Waals surface area contributed by atoms with E-state index in [1.165, 1.54) is 12.0 Å². The van der Waals surface area contributed by atoms with Gasteiger partial charge in [0.15, 0.2) is 0 Å². The van der Waals surface area contributed by atoms with E-state index in [2.05, 4.69) is 46.4 Å². The van der Waals surface area contributed by atoms with Crippen LogP contribution in [0.25, 0.3) is 0 Å². The highest BCUT2D eigenvalue weighted by Crippen LogP contribution is 2.21. The number of hydrogen-bond donors (Lipinski definition) is 0. The van der Waals surface area contributed by atoms with Crippen LogP contribution < -0.4 is 0 Å². The van der Waals surface area contributed by atoms with Crippen LogP contribution in [0.2, 0.25) is 0 Å². The zero-order chi connectivity index (χ0) is 9.61. The molecule has 0 aliphatic rings. The van der Waals surface area contributed by atoms with Crippen molar-refractivity contribution in [1.82, 2.24) is 0 Å². The maximum absolute atomic E-state index is 3.40. The van der Waals surface area contributed by atoms with Crippen LogP contribution in [-0.4, -0.2) is 0 Å². The van der Waals surface area contributed by atoms with Crippen LogP contribution >= 0.6 is 0 Å². The Balaban J connectivity index is 4.46. The van der Waals surface area contributed by atoms with E-state index in [1.807, 2.05) is 0 Å². The maximum Gasteiger partial charge on any atom is -0.0102 e. The second kappa shape index (κ2) is 5.22. The van der Waals surface area contributed by atoms with E-state index in [-0.39, 0.29) is 0 Å². The average Bonchev–Trinajstić information content (AvgIpc) is 2.06. The Labute approximate surface area is 77.4 Å². The van der Waals surface area contributed by atoms with Crippen LogP contribution in [0.5, 0.6) is 0 Å². The van der Waals surface area contributed by atoms with Gasteiger partial charge in [0.2, 0.25) is 0 Å². The van der Waals surface area contributed by atoms with E-state index < -0.39 is 0 Å². The monoisotopic (exact) mass is 166 g/mol. The van der Waals surface area contributed by atoms with Crippen molar-refractivity contribution in [3.63, 3.8) is 0 Å². The van der Waals surface area contributed by atoms with Crippen molar-refractivity contribution in [2.75, 3.05) is 0 Å². The van der Waals surface area contributed by atoms with Crippen molar-refractivity contribution in [3.8, 4) is 0 Å². The summed E-state index contributed by atoms with van der Waals surface area (Å²) in [5, 5.41) is 0. The highest BCUT2D eigenvalue weighted by atomic mass is 14.1. The highest BCUT2D eigenvalue weighted by molar-refractivity contribution is 5.03. The molecular formula is C12H22. The summed E-state index contributed by atoms with van der Waals surface area (Å²) < 4.78 is 0. The summed E-state index contributed by atoms with van der Waals surface area (Å²) in [6, 6.07) is 0. The summed E-state index contributed by atoms with van der Waals surface area (Å²) in [6.45, 7) is 11.1. The van der Waals surface area contributed by atoms with E-state index in [0.717, 1.165) is 12.8 Å². The van der Waals surface area contributed by atoms with E-state index in [9.17, 15) is 0 Å². The van der Waals surface area contributed by atoms with E-state index in [4.69, 9.17) is 0 Å². The molecule has 0 N–H and O–H groups in total. The number of rotatable bonds is 4.